The predicted octanol–water partition coefficient (Wildman–Crippen LogP) is 2.18. The van der Waals surface area contributed by atoms with E-state index in [-0.39, 0.29) is 37.9 Å². The Hall–Kier alpha value is -3.89. The lowest BCUT2D eigenvalue weighted by atomic mass is 9.95. The summed E-state index contributed by atoms with van der Waals surface area (Å²) in [4.78, 5) is 45.0. The number of nitrogens with one attached hydrogen (secondary N) is 2. The van der Waals surface area contributed by atoms with Crippen molar-refractivity contribution in [2.24, 2.45) is 0 Å². The molecule has 194 valence electrons. The maximum Gasteiger partial charge on any atom is 0.328 e. The van der Waals surface area contributed by atoms with Gasteiger partial charge in [0.25, 0.3) is 5.91 Å². The zero-order valence-electron chi connectivity index (χ0n) is 20.7. The van der Waals surface area contributed by atoms with Crippen molar-refractivity contribution in [1.29, 1.82) is 0 Å². The molecule has 3 rings (SSSR count). The van der Waals surface area contributed by atoms with Crippen molar-refractivity contribution >= 4 is 35.4 Å². The summed E-state index contributed by atoms with van der Waals surface area (Å²) < 4.78 is 9.94. The maximum atomic E-state index is 12.7. The van der Waals surface area contributed by atoms with Crippen LogP contribution in [0.5, 0.6) is 0 Å². The van der Waals surface area contributed by atoms with Crippen molar-refractivity contribution in [2.45, 2.75) is 57.9 Å². The molecule has 36 heavy (non-hydrogen) atoms. The fourth-order valence-corrected chi connectivity index (χ4v) is 4.21. The molecule has 2 atom stereocenters. The van der Waals surface area contributed by atoms with Crippen LogP contribution in [0.1, 0.15) is 66.9 Å². The first-order valence-corrected chi connectivity index (χ1v) is 12.2. The van der Waals surface area contributed by atoms with Crippen molar-refractivity contribution in [3.05, 3.63) is 41.0 Å². The molecule has 1 aromatic heterocycles. The number of rotatable bonds is 12. The first kappa shape index (κ1) is 26.7. The van der Waals surface area contributed by atoms with Gasteiger partial charge in [-0.25, -0.2) is 4.79 Å². The second kappa shape index (κ2) is 12.7. The topological polar surface area (TPSA) is 172 Å². The van der Waals surface area contributed by atoms with Crippen LogP contribution in [0.25, 0.3) is 0 Å². The molecular weight excluding hydrogens is 464 g/mol. The molecule has 0 radical (unpaired) electrons. The van der Waals surface area contributed by atoms with Crippen LogP contribution in [0.2, 0.25) is 0 Å². The number of nitrogens with zero attached hydrogens (tertiary/aromatic N) is 2. The molecule has 11 heteroatoms. The van der Waals surface area contributed by atoms with Crippen molar-refractivity contribution in [3.8, 4) is 0 Å². The monoisotopic (exact) mass is 498 g/mol. The van der Waals surface area contributed by atoms with E-state index in [9.17, 15) is 14.4 Å². The van der Waals surface area contributed by atoms with Gasteiger partial charge in [-0.15, -0.1) is 0 Å². The van der Waals surface area contributed by atoms with E-state index < -0.39 is 23.9 Å². The molecule has 0 saturated heterocycles. The van der Waals surface area contributed by atoms with Crippen LogP contribution in [-0.2, 0) is 25.5 Å². The van der Waals surface area contributed by atoms with Crippen LogP contribution in [0.3, 0.4) is 0 Å². The molecule has 6 N–H and O–H groups in total. The summed E-state index contributed by atoms with van der Waals surface area (Å²) in [5.74, 6) is 0.100. The van der Waals surface area contributed by atoms with E-state index >= 15 is 0 Å². The molecule has 2 aromatic rings. The zero-order valence-corrected chi connectivity index (χ0v) is 20.7. The lowest BCUT2D eigenvalue weighted by molar-refractivity contribution is -0.146. The lowest BCUT2D eigenvalue weighted by Crippen LogP contribution is -2.42. The van der Waals surface area contributed by atoms with Gasteiger partial charge in [0, 0.05) is 30.0 Å². The minimum atomic E-state index is -0.934. The Morgan fingerprint density at radius 3 is 2.53 bits per heavy atom. The number of hydrogen-bond donors (Lipinski definition) is 4. The highest BCUT2D eigenvalue weighted by Gasteiger charge is 2.27. The number of esters is 2. The van der Waals surface area contributed by atoms with Crippen molar-refractivity contribution in [1.82, 2.24) is 15.3 Å². The van der Waals surface area contributed by atoms with Gasteiger partial charge >= 0.3 is 11.9 Å². The molecule has 1 aliphatic heterocycles. The third-order valence-corrected chi connectivity index (χ3v) is 5.97. The van der Waals surface area contributed by atoms with E-state index in [1.54, 1.807) is 26.0 Å². The first-order chi connectivity index (χ1) is 17.3. The summed E-state index contributed by atoms with van der Waals surface area (Å²) in [6.07, 6.45) is 2.75. The Bertz CT molecular complexity index is 1080. The second-order valence-corrected chi connectivity index (χ2v) is 8.52. The van der Waals surface area contributed by atoms with Gasteiger partial charge < -0.3 is 31.6 Å². The highest BCUT2D eigenvalue weighted by Crippen LogP contribution is 2.36. The number of benzene rings is 1. The standard InChI is InChI=1S/C25H34N6O5/c1-3-35-19(32)13-12-18(24(34)36-4-2)29-23(33)16-10-8-15(9-11-16)6-5-7-17-14-28-22-20(17)21(26)30-25(27)31-22/h8-11,17-18H,3-7,12-14H2,1-2H3,(H,29,33)(H5,26,27,28,30,31)/t17?,18-/m0/s1. The fourth-order valence-electron chi connectivity index (χ4n) is 4.21. The minimum Gasteiger partial charge on any atom is -0.466 e. The number of aromatic nitrogens is 2. The van der Waals surface area contributed by atoms with Gasteiger partial charge in [-0.05, 0) is 57.2 Å². The Labute approximate surface area is 210 Å². The number of nitrogens with two attached hydrogens (primary N) is 2. The van der Waals surface area contributed by atoms with Crippen LogP contribution in [0.4, 0.5) is 17.6 Å². The Morgan fingerprint density at radius 2 is 1.83 bits per heavy atom. The predicted molar refractivity (Wildman–Crippen MR) is 135 cm³/mol. The van der Waals surface area contributed by atoms with Gasteiger partial charge in [-0.1, -0.05) is 12.1 Å². The average Bonchev–Trinajstić information content (AvgIpc) is 3.25. The highest BCUT2D eigenvalue weighted by molar-refractivity contribution is 5.96. The van der Waals surface area contributed by atoms with Crippen molar-refractivity contribution < 1.29 is 23.9 Å². The van der Waals surface area contributed by atoms with Gasteiger partial charge in [0.15, 0.2) is 0 Å². The lowest BCUT2D eigenvalue weighted by Gasteiger charge is -2.17. The smallest absolute Gasteiger partial charge is 0.328 e. The number of carbonyl (C=O) groups is 3. The quantitative estimate of drug-likeness (QED) is 0.318. The molecule has 11 nitrogen and oxygen atoms in total. The number of hydrogen-bond acceptors (Lipinski definition) is 10. The molecule has 0 aliphatic carbocycles. The number of amides is 1. The SMILES string of the molecule is CCOC(=O)CC[C@H](NC(=O)c1ccc(CCCC2CNc3nc(N)nc(N)c32)cc1)C(=O)OCC. The van der Waals surface area contributed by atoms with E-state index in [0.717, 1.165) is 36.9 Å². The number of fused-ring (bicyclic) bond motifs is 1. The molecule has 0 fully saturated rings. The largest absolute Gasteiger partial charge is 0.466 e. The Kier molecular flexibility index (Phi) is 9.43. The van der Waals surface area contributed by atoms with E-state index in [4.69, 9.17) is 20.9 Å². The van der Waals surface area contributed by atoms with Gasteiger partial charge in [-0.2, -0.15) is 9.97 Å². The summed E-state index contributed by atoms with van der Waals surface area (Å²) in [5, 5.41) is 5.91. The number of anilines is 3. The summed E-state index contributed by atoms with van der Waals surface area (Å²) in [5.41, 5.74) is 14.1. The van der Waals surface area contributed by atoms with Crippen LogP contribution >= 0.6 is 0 Å². The molecule has 0 saturated carbocycles. The van der Waals surface area contributed by atoms with Gasteiger partial charge in [0.05, 0.1) is 13.2 Å². The Morgan fingerprint density at radius 1 is 1.11 bits per heavy atom. The number of aryl methyl sites for hydroxylation is 1. The zero-order chi connectivity index (χ0) is 26.1. The van der Waals surface area contributed by atoms with Crippen LogP contribution in [0, 0.1) is 0 Å². The van der Waals surface area contributed by atoms with Gasteiger partial charge in [0.2, 0.25) is 5.95 Å². The molecule has 2 heterocycles. The molecular formula is C25H34N6O5. The summed E-state index contributed by atoms with van der Waals surface area (Å²) in [7, 11) is 0. The van der Waals surface area contributed by atoms with Gasteiger partial charge in [0.1, 0.15) is 17.7 Å². The third-order valence-electron chi connectivity index (χ3n) is 5.97. The summed E-state index contributed by atoms with van der Waals surface area (Å²) >= 11 is 0. The van der Waals surface area contributed by atoms with Crippen LogP contribution in [0.15, 0.2) is 24.3 Å². The molecule has 1 aromatic carbocycles. The van der Waals surface area contributed by atoms with Crippen LogP contribution < -0.4 is 22.1 Å². The Balaban J connectivity index is 1.52. The molecule has 1 unspecified atom stereocenters. The van der Waals surface area contributed by atoms with E-state index in [1.165, 1.54) is 0 Å². The van der Waals surface area contributed by atoms with E-state index in [2.05, 4.69) is 20.6 Å². The molecule has 1 aliphatic rings. The average molecular weight is 499 g/mol. The number of ether oxygens (including phenoxy) is 2. The molecule has 0 bridgehead atoms. The number of nitrogen functional groups attached to an aromatic ring is 2. The van der Waals surface area contributed by atoms with Crippen molar-refractivity contribution in [3.63, 3.8) is 0 Å². The number of carbonyl (C=O) groups excluding carboxylic acids is 3. The minimum absolute atomic E-state index is 0.00267. The van der Waals surface area contributed by atoms with Gasteiger partial charge in [-0.3, -0.25) is 9.59 Å². The molecule has 0 spiro atoms. The summed E-state index contributed by atoms with van der Waals surface area (Å²) in [6.45, 7) is 4.56. The van der Waals surface area contributed by atoms with Crippen LogP contribution in [-0.4, -0.2) is 53.6 Å². The maximum absolute atomic E-state index is 12.7. The third kappa shape index (κ3) is 7.06. The second-order valence-electron chi connectivity index (χ2n) is 8.52. The first-order valence-electron chi connectivity index (χ1n) is 12.2. The molecule has 1 amide bonds. The fraction of sp³-hybridized carbons (Fsp3) is 0.480. The highest BCUT2D eigenvalue weighted by atomic mass is 16.5. The van der Waals surface area contributed by atoms with E-state index in [1.807, 2.05) is 12.1 Å². The van der Waals surface area contributed by atoms with E-state index in [0.29, 0.717) is 17.2 Å². The van der Waals surface area contributed by atoms with Crippen molar-refractivity contribution in [2.75, 3.05) is 36.5 Å². The summed E-state index contributed by atoms with van der Waals surface area (Å²) in [6, 6.07) is 6.30. The normalized spacial score (nSPS) is 14.9.